The highest BCUT2D eigenvalue weighted by atomic mass is 16.6. The molecule has 12 heavy (non-hydrogen) atoms. The number of aromatic nitrogens is 1. The van der Waals surface area contributed by atoms with Crippen molar-refractivity contribution in [3.63, 3.8) is 0 Å². The molecule has 0 atom stereocenters. The van der Waals surface area contributed by atoms with Crippen molar-refractivity contribution < 1.29 is 19.2 Å². The van der Waals surface area contributed by atoms with Crippen LogP contribution in [0.1, 0.15) is 0 Å². The third-order valence-corrected chi connectivity index (χ3v) is 0.992. The Balaban J connectivity index is 2.27. The lowest BCUT2D eigenvalue weighted by molar-refractivity contribution is 0.131. The highest BCUT2D eigenvalue weighted by Crippen LogP contribution is 2.00. The zero-order chi connectivity index (χ0) is 8.81. The van der Waals surface area contributed by atoms with Crippen LogP contribution in [0.5, 0.6) is 0 Å². The number of rotatable bonds is 3. The van der Waals surface area contributed by atoms with Gasteiger partial charge in [0.1, 0.15) is 12.9 Å². The van der Waals surface area contributed by atoms with Gasteiger partial charge in [-0.15, -0.1) is 0 Å². The normalized spacial score (nSPS) is 9.42. The summed E-state index contributed by atoms with van der Waals surface area (Å²) in [5.41, 5.74) is 0. The highest BCUT2D eigenvalue weighted by molar-refractivity contribution is 5.82. The molecule has 1 amide bonds. The number of hydrogen-bond acceptors (Lipinski definition) is 5. The first-order chi connectivity index (χ1) is 5.83. The maximum absolute atomic E-state index is 10.7. The molecule has 66 valence electrons. The van der Waals surface area contributed by atoms with E-state index in [1.54, 1.807) is 0 Å². The molecule has 6 nitrogen and oxygen atoms in total. The highest BCUT2D eigenvalue weighted by Gasteiger charge is 2.03. The molecule has 1 heterocycles. The summed E-state index contributed by atoms with van der Waals surface area (Å²) in [7, 11) is 0. The zero-order valence-corrected chi connectivity index (χ0v) is 6.19. The lowest BCUT2D eigenvalue weighted by Crippen LogP contribution is -2.15. The number of anilines is 1. The molecule has 0 saturated heterocycles. The maximum atomic E-state index is 10.7. The fourth-order valence-electron chi connectivity index (χ4n) is 0.556. The number of carbonyl (C=O) groups excluding carboxylic acids is 1. The molecule has 1 aromatic rings. The Morgan fingerprint density at radius 3 is 3.25 bits per heavy atom. The summed E-state index contributed by atoms with van der Waals surface area (Å²) in [5, 5.41) is 14.0. The van der Waals surface area contributed by atoms with E-state index in [0.29, 0.717) is 0 Å². The molecule has 0 unspecified atom stereocenters. The summed E-state index contributed by atoms with van der Waals surface area (Å²) in [4.78, 5) is 10.7. The fourth-order valence-corrected chi connectivity index (χ4v) is 0.556. The van der Waals surface area contributed by atoms with Crippen molar-refractivity contribution in [3.05, 3.63) is 12.3 Å². The van der Waals surface area contributed by atoms with Crippen LogP contribution in [0.2, 0.25) is 0 Å². The molecule has 0 aromatic carbocycles. The SMILES string of the molecule is O=C(Nc1ccon1)OCCO. The second-order valence-corrected chi connectivity index (χ2v) is 1.87. The molecular formula is C6H8N2O4. The molecule has 0 bridgehead atoms. The van der Waals surface area contributed by atoms with Crippen LogP contribution in [-0.2, 0) is 4.74 Å². The fraction of sp³-hybridized carbons (Fsp3) is 0.333. The van der Waals surface area contributed by atoms with Crippen LogP contribution in [0.4, 0.5) is 10.6 Å². The lowest BCUT2D eigenvalue weighted by Gasteiger charge is -2.00. The largest absolute Gasteiger partial charge is 0.447 e. The molecule has 0 spiro atoms. The second-order valence-electron chi connectivity index (χ2n) is 1.87. The first-order valence-corrected chi connectivity index (χ1v) is 3.28. The van der Waals surface area contributed by atoms with Crippen molar-refractivity contribution in [1.82, 2.24) is 5.16 Å². The van der Waals surface area contributed by atoms with Gasteiger partial charge in [0.15, 0.2) is 5.82 Å². The summed E-state index contributed by atoms with van der Waals surface area (Å²) in [5.74, 6) is 0.276. The average molecular weight is 172 g/mol. The molecule has 6 heteroatoms. The first kappa shape index (κ1) is 8.54. The summed E-state index contributed by atoms with van der Waals surface area (Å²) in [6, 6.07) is 1.47. The molecule has 0 aliphatic carbocycles. The number of hydrogen-bond donors (Lipinski definition) is 2. The Morgan fingerprint density at radius 2 is 2.67 bits per heavy atom. The Kier molecular flexibility index (Phi) is 3.09. The van der Waals surface area contributed by atoms with Gasteiger partial charge in [0, 0.05) is 6.07 Å². The second kappa shape index (κ2) is 4.35. The predicted octanol–water partition coefficient (Wildman–Crippen LogP) is 0.215. The minimum Gasteiger partial charge on any atom is -0.447 e. The van der Waals surface area contributed by atoms with Gasteiger partial charge in [-0.25, -0.2) is 4.79 Å². The van der Waals surface area contributed by atoms with Crippen molar-refractivity contribution in [2.24, 2.45) is 0 Å². The number of aliphatic hydroxyl groups excluding tert-OH is 1. The number of aliphatic hydroxyl groups is 1. The van der Waals surface area contributed by atoms with E-state index in [4.69, 9.17) is 5.11 Å². The molecule has 0 radical (unpaired) electrons. The summed E-state index contributed by atoms with van der Waals surface area (Å²) >= 11 is 0. The third kappa shape index (κ3) is 2.59. The molecule has 0 aliphatic rings. The van der Waals surface area contributed by atoms with E-state index in [1.165, 1.54) is 12.3 Å². The summed E-state index contributed by atoms with van der Waals surface area (Å²) < 4.78 is 8.93. The number of carbonyl (C=O) groups is 1. The average Bonchev–Trinajstić information content (AvgIpc) is 2.53. The maximum Gasteiger partial charge on any atom is 0.412 e. The molecule has 2 N–H and O–H groups in total. The van der Waals surface area contributed by atoms with Crippen molar-refractivity contribution in [3.8, 4) is 0 Å². The summed E-state index contributed by atoms with van der Waals surface area (Å²) in [6.07, 6.45) is 0.653. The molecule has 0 fully saturated rings. The third-order valence-electron chi connectivity index (χ3n) is 0.992. The standard InChI is InChI=1S/C6H8N2O4/c9-2-4-11-6(10)7-5-1-3-12-8-5/h1,3,9H,2,4H2,(H,7,8,10). The number of amides is 1. The van der Waals surface area contributed by atoms with E-state index in [2.05, 4.69) is 19.7 Å². The van der Waals surface area contributed by atoms with Crippen molar-refractivity contribution >= 4 is 11.9 Å². The molecule has 1 rings (SSSR count). The van der Waals surface area contributed by atoms with Crippen LogP contribution in [0.3, 0.4) is 0 Å². The van der Waals surface area contributed by atoms with Crippen molar-refractivity contribution in [2.75, 3.05) is 18.5 Å². The van der Waals surface area contributed by atoms with Gasteiger partial charge in [-0.05, 0) is 0 Å². The van der Waals surface area contributed by atoms with Gasteiger partial charge < -0.3 is 14.4 Å². The number of nitrogens with one attached hydrogen (secondary N) is 1. The van der Waals surface area contributed by atoms with E-state index in [0.717, 1.165) is 0 Å². The van der Waals surface area contributed by atoms with Gasteiger partial charge in [-0.3, -0.25) is 5.32 Å². The van der Waals surface area contributed by atoms with E-state index >= 15 is 0 Å². The van der Waals surface area contributed by atoms with Gasteiger partial charge in [0.05, 0.1) is 6.61 Å². The topological polar surface area (TPSA) is 84.6 Å². The quantitative estimate of drug-likeness (QED) is 0.681. The first-order valence-electron chi connectivity index (χ1n) is 3.28. The van der Waals surface area contributed by atoms with Gasteiger partial charge in [-0.2, -0.15) is 0 Å². The monoisotopic (exact) mass is 172 g/mol. The Bertz CT molecular complexity index is 234. The Morgan fingerprint density at radius 1 is 1.83 bits per heavy atom. The van der Waals surface area contributed by atoms with Crippen molar-refractivity contribution in [1.29, 1.82) is 0 Å². The Hall–Kier alpha value is -1.56. The van der Waals surface area contributed by atoms with Gasteiger partial charge in [0.2, 0.25) is 0 Å². The van der Waals surface area contributed by atoms with Crippen LogP contribution >= 0.6 is 0 Å². The Labute approximate surface area is 68.1 Å². The summed E-state index contributed by atoms with van der Waals surface area (Å²) in [6.45, 7) is -0.240. The molecule has 1 aromatic heterocycles. The lowest BCUT2D eigenvalue weighted by atomic mass is 10.6. The van der Waals surface area contributed by atoms with Crippen LogP contribution < -0.4 is 5.32 Å². The molecular weight excluding hydrogens is 164 g/mol. The smallest absolute Gasteiger partial charge is 0.412 e. The van der Waals surface area contributed by atoms with Crippen LogP contribution in [-0.4, -0.2) is 29.6 Å². The molecule has 0 saturated carbocycles. The zero-order valence-electron chi connectivity index (χ0n) is 6.19. The van der Waals surface area contributed by atoms with Gasteiger partial charge >= 0.3 is 6.09 Å². The van der Waals surface area contributed by atoms with E-state index in [9.17, 15) is 4.79 Å². The van der Waals surface area contributed by atoms with Crippen LogP contribution in [0.25, 0.3) is 0 Å². The van der Waals surface area contributed by atoms with Gasteiger partial charge in [0.25, 0.3) is 0 Å². The predicted molar refractivity (Wildman–Crippen MR) is 38.6 cm³/mol. The number of ether oxygens (including phenoxy) is 1. The minimum absolute atomic E-state index is 0.0380. The van der Waals surface area contributed by atoms with E-state index in [-0.39, 0.29) is 19.0 Å². The van der Waals surface area contributed by atoms with Crippen LogP contribution in [0.15, 0.2) is 16.9 Å². The van der Waals surface area contributed by atoms with Crippen LogP contribution in [0, 0.1) is 0 Å². The van der Waals surface area contributed by atoms with E-state index < -0.39 is 6.09 Å². The van der Waals surface area contributed by atoms with Crippen molar-refractivity contribution in [2.45, 2.75) is 0 Å². The molecule has 0 aliphatic heterocycles. The van der Waals surface area contributed by atoms with E-state index in [1.807, 2.05) is 0 Å². The number of nitrogens with zero attached hydrogens (tertiary/aromatic N) is 1. The minimum atomic E-state index is -0.669. The van der Waals surface area contributed by atoms with Gasteiger partial charge in [-0.1, -0.05) is 5.16 Å².